The summed E-state index contributed by atoms with van der Waals surface area (Å²) in [5, 5.41) is 9.29. The van der Waals surface area contributed by atoms with Crippen molar-refractivity contribution in [3.05, 3.63) is 18.1 Å². The van der Waals surface area contributed by atoms with Crippen molar-refractivity contribution in [1.29, 1.82) is 0 Å². The number of aromatic nitrogens is 2. The molecule has 0 bridgehead atoms. The summed E-state index contributed by atoms with van der Waals surface area (Å²) in [6.45, 7) is 1.59. The minimum Gasteiger partial charge on any atom is -0.463 e. The largest absolute Gasteiger partial charge is 0.463 e. The zero-order chi connectivity index (χ0) is 13.0. The second-order valence-corrected chi connectivity index (χ2v) is 3.83. The molecule has 1 aliphatic heterocycles. The van der Waals surface area contributed by atoms with E-state index in [2.05, 4.69) is 14.7 Å². The van der Waals surface area contributed by atoms with Crippen molar-refractivity contribution in [2.75, 3.05) is 38.4 Å². The molecule has 1 N–H and O–H groups in total. The van der Waals surface area contributed by atoms with Gasteiger partial charge in [0.25, 0.3) is 0 Å². The van der Waals surface area contributed by atoms with Crippen molar-refractivity contribution >= 4 is 11.8 Å². The van der Waals surface area contributed by atoms with Crippen molar-refractivity contribution in [3.8, 4) is 0 Å². The zero-order valence-corrected chi connectivity index (χ0v) is 10.1. The molecule has 0 amide bonds. The van der Waals surface area contributed by atoms with Crippen LogP contribution in [0.15, 0.2) is 12.3 Å². The van der Waals surface area contributed by atoms with E-state index in [1.54, 1.807) is 6.07 Å². The normalized spacial score (nSPS) is 19.7. The van der Waals surface area contributed by atoms with E-state index in [0.29, 0.717) is 25.6 Å². The van der Waals surface area contributed by atoms with Crippen LogP contribution in [0, 0.1) is 0 Å². The number of methoxy groups -OCH3 is 1. The molecule has 7 heteroatoms. The maximum absolute atomic E-state index is 11.4. The number of morpholine rings is 1. The number of hydrogen-bond acceptors (Lipinski definition) is 7. The minimum absolute atomic E-state index is 0.0122. The molecule has 1 fully saturated rings. The molecule has 2 rings (SSSR count). The highest BCUT2D eigenvalue weighted by Gasteiger charge is 2.24. The molecule has 0 spiro atoms. The molecule has 0 saturated carbocycles. The van der Waals surface area contributed by atoms with Gasteiger partial charge in [-0.05, 0) is 6.07 Å². The predicted molar refractivity (Wildman–Crippen MR) is 62.4 cm³/mol. The number of aliphatic hydroxyl groups is 1. The molecule has 98 valence electrons. The van der Waals surface area contributed by atoms with E-state index >= 15 is 0 Å². The summed E-state index contributed by atoms with van der Waals surface area (Å²) in [5.74, 6) is 0.0246. The summed E-state index contributed by atoms with van der Waals surface area (Å²) in [7, 11) is 1.28. The molecule has 2 heterocycles. The molecule has 0 aromatic carbocycles. The van der Waals surface area contributed by atoms with Gasteiger partial charge < -0.3 is 19.5 Å². The number of anilines is 1. The van der Waals surface area contributed by atoms with Gasteiger partial charge in [0, 0.05) is 12.7 Å². The van der Waals surface area contributed by atoms with Gasteiger partial charge in [-0.1, -0.05) is 0 Å². The molecule has 0 aliphatic carbocycles. The van der Waals surface area contributed by atoms with E-state index in [1.807, 2.05) is 4.90 Å². The Morgan fingerprint density at radius 2 is 2.56 bits per heavy atom. The Hall–Kier alpha value is -1.73. The number of esters is 1. The van der Waals surface area contributed by atoms with E-state index in [1.165, 1.54) is 13.3 Å². The lowest BCUT2D eigenvalue weighted by Gasteiger charge is -2.35. The molecule has 1 unspecified atom stereocenters. The standard InChI is InChI=1S/C11H15N3O4/c1-17-11(16)10-12-3-2-9(13-10)14-4-5-18-7-8(14)6-15/h2-3,8,15H,4-7H2,1H3. The van der Waals surface area contributed by atoms with E-state index in [-0.39, 0.29) is 18.5 Å². The fraction of sp³-hybridized carbons (Fsp3) is 0.545. The number of aliphatic hydroxyl groups excluding tert-OH is 1. The third kappa shape index (κ3) is 2.57. The molecule has 1 aliphatic rings. The van der Waals surface area contributed by atoms with Crippen molar-refractivity contribution in [2.24, 2.45) is 0 Å². The molecule has 7 nitrogen and oxygen atoms in total. The smallest absolute Gasteiger partial charge is 0.376 e. The van der Waals surface area contributed by atoms with Crippen LogP contribution < -0.4 is 4.90 Å². The Bertz CT molecular complexity index is 427. The Labute approximate surface area is 104 Å². The van der Waals surface area contributed by atoms with Crippen molar-refractivity contribution < 1.29 is 19.4 Å². The van der Waals surface area contributed by atoms with Gasteiger partial charge in [-0.25, -0.2) is 14.8 Å². The lowest BCUT2D eigenvalue weighted by molar-refractivity contribution is 0.0586. The molecule has 1 atom stereocenters. The van der Waals surface area contributed by atoms with E-state index in [4.69, 9.17) is 4.74 Å². The highest BCUT2D eigenvalue weighted by Crippen LogP contribution is 2.16. The Morgan fingerprint density at radius 3 is 3.28 bits per heavy atom. The van der Waals surface area contributed by atoms with Gasteiger partial charge in [0.15, 0.2) is 0 Å². The van der Waals surface area contributed by atoms with E-state index in [9.17, 15) is 9.90 Å². The maximum atomic E-state index is 11.4. The van der Waals surface area contributed by atoms with E-state index in [0.717, 1.165) is 0 Å². The number of nitrogens with zero attached hydrogens (tertiary/aromatic N) is 3. The monoisotopic (exact) mass is 253 g/mol. The highest BCUT2D eigenvalue weighted by molar-refractivity contribution is 5.85. The van der Waals surface area contributed by atoms with Gasteiger partial charge in [-0.2, -0.15) is 0 Å². The van der Waals surface area contributed by atoms with Crippen molar-refractivity contribution in [3.63, 3.8) is 0 Å². The number of rotatable bonds is 3. The van der Waals surface area contributed by atoms with Gasteiger partial charge in [-0.3, -0.25) is 0 Å². The number of hydrogen-bond donors (Lipinski definition) is 1. The SMILES string of the molecule is COC(=O)c1nccc(N2CCOCC2CO)n1. The molecule has 18 heavy (non-hydrogen) atoms. The number of carbonyl (C=O) groups is 1. The minimum atomic E-state index is -0.578. The topological polar surface area (TPSA) is 84.8 Å². The summed E-state index contributed by atoms with van der Waals surface area (Å²) in [4.78, 5) is 21.2. The lowest BCUT2D eigenvalue weighted by Crippen LogP contribution is -2.48. The molecule has 1 aromatic heterocycles. The van der Waals surface area contributed by atoms with E-state index < -0.39 is 5.97 Å². The van der Waals surface area contributed by atoms with Crippen LogP contribution in [0.5, 0.6) is 0 Å². The van der Waals surface area contributed by atoms with Gasteiger partial charge in [0.2, 0.25) is 5.82 Å². The lowest BCUT2D eigenvalue weighted by atomic mass is 10.2. The third-order valence-corrected chi connectivity index (χ3v) is 2.74. The molecule has 0 radical (unpaired) electrons. The summed E-state index contributed by atoms with van der Waals surface area (Å²) in [6.07, 6.45) is 1.50. The molecule has 1 aromatic rings. The molecular formula is C11H15N3O4. The van der Waals surface area contributed by atoms with Gasteiger partial charge in [0.05, 0.1) is 33.0 Å². The van der Waals surface area contributed by atoms with Gasteiger partial charge in [-0.15, -0.1) is 0 Å². The van der Waals surface area contributed by atoms with Crippen LogP contribution in [0.2, 0.25) is 0 Å². The third-order valence-electron chi connectivity index (χ3n) is 2.74. The summed E-state index contributed by atoms with van der Waals surface area (Å²) in [6, 6.07) is 1.54. The van der Waals surface area contributed by atoms with Gasteiger partial charge >= 0.3 is 5.97 Å². The first-order chi connectivity index (χ1) is 8.76. The van der Waals surface area contributed by atoms with Crippen LogP contribution >= 0.6 is 0 Å². The van der Waals surface area contributed by atoms with Crippen LogP contribution in [0.25, 0.3) is 0 Å². The van der Waals surface area contributed by atoms with Crippen molar-refractivity contribution in [1.82, 2.24) is 9.97 Å². The first-order valence-corrected chi connectivity index (χ1v) is 5.63. The first-order valence-electron chi connectivity index (χ1n) is 5.63. The second kappa shape index (κ2) is 5.74. The summed E-state index contributed by atoms with van der Waals surface area (Å²) in [5.41, 5.74) is 0. The number of carbonyl (C=O) groups excluding carboxylic acids is 1. The maximum Gasteiger partial charge on any atom is 0.376 e. The second-order valence-electron chi connectivity index (χ2n) is 3.83. The highest BCUT2D eigenvalue weighted by atomic mass is 16.5. The van der Waals surface area contributed by atoms with Crippen LogP contribution in [-0.2, 0) is 9.47 Å². The Balaban J connectivity index is 2.23. The number of ether oxygens (including phenoxy) is 2. The first kappa shape index (κ1) is 12.7. The average Bonchev–Trinajstić information content (AvgIpc) is 2.46. The van der Waals surface area contributed by atoms with Crippen molar-refractivity contribution in [2.45, 2.75) is 6.04 Å². The van der Waals surface area contributed by atoms with Crippen LogP contribution in [0.1, 0.15) is 10.6 Å². The zero-order valence-electron chi connectivity index (χ0n) is 10.1. The Morgan fingerprint density at radius 1 is 1.72 bits per heavy atom. The summed E-state index contributed by atoms with van der Waals surface area (Å²) >= 11 is 0. The van der Waals surface area contributed by atoms with Gasteiger partial charge in [0.1, 0.15) is 5.82 Å². The average molecular weight is 253 g/mol. The molecule has 1 saturated heterocycles. The van der Waals surface area contributed by atoms with Crippen LogP contribution in [0.4, 0.5) is 5.82 Å². The predicted octanol–water partition coefficient (Wildman–Crippen LogP) is -0.539. The Kier molecular flexibility index (Phi) is 4.06. The summed E-state index contributed by atoms with van der Waals surface area (Å²) < 4.78 is 9.86. The fourth-order valence-electron chi connectivity index (χ4n) is 1.81. The van der Waals surface area contributed by atoms with Crippen LogP contribution in [-0.4, -0.2) is 60.6 Å². The quantitative estimate of drug-likeness (QED) is 0.724. The fourth-order valence-corrected chi connectivity index (χ4v) is 1.81. The molecular weight excluding hydrogens is 238 g/mol. The van der Waals surface area contributed by atoms with Crippen LogP contribution in [0.3, 0.4) is 0 Å².